The van der Waals surface area contributed by atoms with Crippen LogP contribution in [0.3, 0.4) is 0 Å². The lowest BCUT2D eigenvalue weighted by Crippen LogP contribution is -2.30. The third-order valence-electron chi connectivity index (χ3n) is 4.33. The van der Waals surface area contributed by atoms with E-state index >= 15 is 0 Å². The molecule has 118 valence electrons. The molecule has 0 radical (unpaired) electrons. The molecular formula is C16H28N4S. The third-order valence-corrected chi connectivity index (χ3v) is 5.75. The van der Waals surface area contributed by atoms with E-state index < -0.39 is 0 Å². The van der Waals surface area contributed by atoms with Crippen molar-refractivity contribution in [2.45, 2.75) is 57.1 Å². The summed E-state index contributed by atoms with van der Waals surface area (Å²) in [4.78, 5) is 8.90. The van der Waals surface area contributed by atoms with E-state index in [2.05, 4.69) is 47.6 Å². The zero-order valence-corrected chi connectivity index (χ0v) is 14.5. The van der Waals surface area contributed by atoms with Gasteiger partial charge in [-0.25, -0.2) is 9.97 Å². The van der Waals surface area contributed by atoms with Gasteiger partial charge in [0.25, 0.3) is 0 Å². The summed E-state index contributed by atoms with van der Waals surface area (Å²) < 4.78 is 0.386. The molecule has 0 amide bonds. The van der Waals surface area contributed by atoms with Gasteiger partial charge in [0.15, 0.2) is 0 Å². The van der Waals surface area contributed by atoms with E-state index in [1.165, 1.54) is 31.2 Å². The molecule has 0 aliphatic heterocycles. The van der Waals surface area contributed by atoms with Crippen LogP contribution in [0, 0.1) is 0 Å². The Kier molecular flexibility index (Phi) is 5.73. The maximum Gasteiger partial charge on any atom is 0.135 e. The van der Waals surface area contributed by atoms with Crippen molar-refractivity contribution in [2.75, 3.05) is 30.0 Å². The minimum atomic E-state index is 0.386. The minimum Gasteiger partial charge on any atom is -0.370 e. The van der Waals surface area contributed by atoms with Gasteiger partial charge in [-0.15, -0.1) is 0 Å². The predicted molar refractivity (Wildman–Crippen MR) is 93.5 cm³/mol. The third kappa shape index (κ3) is 3.82. The van der Waals surface area contributed by atoms with Gasteiger partial charge in [-0.2, -0.15) is 11.8 Å². The second-order valence-electron chi connectivity index (χ2n) is 6.12. The second kappa shape index (κ2) is 7.34. The first-order valence-corrected chi connectivity index (χ1v) is 9.22. The van der Waals surface area contributed by atoms with Crippen LogP contribution in [0.1, 0.15) is 57.9 Å². The number of hydrogen-bond acceptors (Lipinski definition) is 5. The first-order valence-electron chi connectivity index (χ1n) is 7.99. The first-order chi connectivity index (χ1) is 10.1. The Hall–Kier alpha value is -0.970. The fourth-order valence-corrected chi connectivity index (χ4v) is 4.02. The summed E-state index contributed by atoms with van der Waals surface area (Å²) in [7, 11) is 0. The molecule has 1 heterocycles. The van der Waals surface area contributed by atoms with E-state index in [1.807, 2.05) is 11.8 Å². The van der Waals surface area contributed by atoms with Gasteiger partial charge in [0.05, 0.1) is 0 Å². The van der Waals surface area contributed by atoms with Crippen LogP contribution < -0.4 is 10.6 Å². The number of nitrogens with one attached hydrogen (secondary N) is 2. The smallest absolute Gasteiger partial charge is 0.135 e. The van der Waals surface area contributed by atoms with Gasteiger partial charge >= 0.3 is 0 Å². The Morgan fingerprint density at radius 1 is 1.19 bits per heavy atom. The number of anilines is 2. The number of nitrogens with zero attached hydrogens (tertiary/aromatic N) is 2. The molecule has 1 aliphatic carbocycles. The highest BCUT2D eigenvalue weighted by atomic mass is 32.2. The Labute approximate surface area is 132 Å². The van der Waals surface area contributed by atoms with Crippen LogP contribution >= 0.6 is 11.8 Å². The quantitative estimate of drug-likeness (QED) is 0.793. The Balaban J connectivity index is 2.17. The normalized spacial score (nSPS) is 17.2. The number of thioether (sulfide) groups is 1. The SMILES string of the molecule is CCNc1ncnc(NCC2(SC)CCCC2)c1C(C)C. The number of rotatable bonds is 7. The van der Waals surface area contributed by atoms with Crippen LogP contribution in [0.15, 0.2) is 6.33 Å². The van der Waals surface area contributed by atoms with Crippen LogP contribution in [0.5, 0.6) is 0 Å². The summed E-state index contributed by atoms with van der Waals surface area (Å²) in [5.41, 5.74) is 1.20. The standard InChI is InChI=1S/C16H28N4S/c1-5-17-14-13(12(2)3)15(20-11-19-14)18-10-16(21-4)8-6-7-9-16/h11-12H,5-10H2,1-4H3,(H2,17,18,19,20). The maximum absolute atomic E-state index is 4.50. The van der Waals surface area contributed by atoms with Gasteiger partial charge in [0, 0.05) is 23.4 Å². The highest BCUT2D eigenvalue weighted by molar-refractivity contribution is 8.00. The van der Waals surface area contributed by atoms with Crippen molar-refractivity contribution >= 4 is 23.4 Å². The van der Waals surface area contributed by atoms with Gasteiger partial charge in [-0.1, -0.05) is 26.7 Å². The molecule has 4 nitrogen and oxygen atoms in total. The maximum atomic E-state index is 4.50. The van der Waals surface area contributed by atoms with Gasteiger partial charge in [0.1, 0.15) is 18.0 Å². The van der Waals surface area contributed by atoms with Gasteiger partial charge in [0.2, 0.25) is 0 Å². The molecule has 0 atom stereocenters. The topological polar surface area (TPSA) is 49.8 Å². The average molecular weight is 308 g/mol. The molecule has 21 heavy (non-hydrogen) atoms. The molecule has 2 rings (SSSR count). The molecule has 0 aromatic carbocycles. The molecule has 2 N–H and O–H groups in total. The van der Waals surface area contributed by atoms with Gasteiger partial charge in [-0.3, -0.25) is 0 Å². The molecular weight excluding hydrogens is 280 g/mol. The Morgan fingerprint density at radius 2 is 1.81 bits per heavy atom. The van der Waals surface area contributed by atoms with E-state index in [9.17, 15) is 0 Å². The van der Waals surface area contributed by atoms with Crippen molar-refractivity contribution in [3.05, 3.63) is 11.9 Å². The highest BCUT2D eigenvalue weighted by Crippen LogP contribution is 2.40. The highest BCUT2D eigenvalue weighted by Gasteiger charge is 2.33. The van der Waals surface area contributed by atoms with Crippen LogP contribution in [-0.4, -0.2) is 34.1 Å². The molecule has 0 bridgehead atoms. The molecule has 1 saturated carbocycles. The lowest BCUT2D eigenvalue weighted by molar-refractivity contribution is 0.637. The van der Waals surface area contributed by atoms with Crippen molar-refractivity contribution in [1.82, 2.24) is 9.97 Å². The minimum absolute atomic E-state index is 0.386. The zero-order valence-electron chi connectivity index (χ0n) is 13.7. The van der Waals surface area contributed by atoms with Gasteiger partial charge < -0.3 is 10.6 Å². The second-order valence-corrected chi connectivity index (χ2v) is 7.39. The van der Waals surface area contributed by atoms with Crippen LogP contribution in [0.4, 0.5) is 11.6 Å². The number of hydrogen-bond donors (Lipinski definition) is 2. The lowest BCUT2D eigenvalue weighted by atomic mass is 10.0. The van der Waals surface area contributed by atoms with Crippen molar-refractivity contribution in [2.24, 2.45) is 0 Å². The van der Waals surface area contributed by atoms with Crippen molar-refractivity contribution in [1.29, 1.82) is 0 Å². The monoisotopic (exact) mass is 308 g/mol. The summed E-state index contributed by atoms with van der Waals surface area (Å²) in [6.45, 7) is 8.37. The lowest BCUT2D eigenvalue weighted by Gasteiger charge is -2.28. The summed E-state index contributed by atoms with van der Waals surface area (Å²) in [5, 5.41) is 6.97. The molecule has 1 fully saturated rings. The van der Waals surface area contributed by atoms with Crippen LogP contribution in [0.2, 0.25) is 0 Å². The summed E-state index contributed by atoms with van der Waals surface area (Å²) in [5.74, 6) is 2.36. The molecule has 0 unspecified atom stereocenters. The first kappa shape index (κ1) is 16.4. The van der Waals surface area contributed by atoms with Gasteiger partial charge in [-0.05, 0) is 31.9 Å². The molecule has 0 saturated heterocycles. The van der Waals surface area contributed by atoms with Crippen LogP contribution in [-0.2, 0) is 0 Å². The van der Waals surface area contributed by atoms with E-state index in [4.69, 9.17) is 0 Å². The summed E-state index contributed by atoms with van der Waals surface area (Å²) in [6, 6.07) is 0. The molecule has 5 heteroatoms. The fourth-order valence-electron chi connectivity index (χ4n) is 3.11. The summed E-state index contributed by atoms with van der Waals surface area (Å²) >= 11 is 2.01. The Morgan fingerprint density at radius 3 is 2.33 bits per heavy atom. The zero-order chi connectivity index (χ0) is 15.3. The van der Waals surface area contributed by atoms with Crippen LogP contribution in [0.25, 0.3) is 0 Å². The van der Waals surface area contributed by atoms with Crippen molar-refractivity contribution < 1.29 is 0 Å². The predicted octanol–water partition coefficient (Wildman–Crippen LogP) is 4.12. The van der Waals surface area contributed by atoms with E-state index in [0.717, 1.165) is 24.7 Å². The Bertz CT molecular complexity index is 456. The molecule has 1 aliphatic rings. The number of aromatic nitrogens is 2. The molecule has 1 aromatic heterocycles. The molecule has 1 aromatic rings. The van der Waals surface area contributed by atoms with E-state index in [-0.39, 0.29) is 0 Å². The van der Waals surface area contributed by atoms with Crippen molar-refractivity contribution in [3.63, 3.8) is 0 Å². The molecule has 0 spiro atoms. The summed E-state index contributed by atoms with van der Waals surface area (Å²) in [6.07, 6.45) is 9.22. The fraction of sp³-hybridized carbons (Fsp3) is 0.750. The van der Waals surface area contributed by atoms with Crippen molar-refractivity contribution in [3.8, 4) is 0 Å². The average Bonchev–Trinajstić information content (AvgIpc) is 2.95. The van der Waals surface area contributed by atoms with E-state index in [0.29, 0.717) is 10.7 Å². The largest absolute Gasteiger partial charge is 0.370 e. The van der Waals surface area contributed by atoms with E-state index in [1.54, 1.807) is 6.33 Å².